The maximum atomic E-state index is 13.6. The van der Waals surface area contributed by atoms with Gasteiger partial charge in [0.15, 0.2) is 5.82 Å². The number of aromatic amines is 1. The molecule has 192 valence electrons. The zero-order valence-electron chi connectivity index (χ0n) is 21.7. The predicted octanol–water partition coefficient (Wildman–Crippen LogP) is 4.15. The molecule has 1 atom stereocenters. The highest BCUT2D eigenvalue weighted by molar-refractivity contribution is 5.81. The normalized spacial score (nSPS) is 18.5. The number of aromatic nitrogens is 5. The number of piperazine rings is 1. The molecule has 0 amide bonds. The van der Waals surface area contributed by atoms with Crippen LogP contribution in [0.15, 0.2) is 53.3 Å². The fourth-order valence-corrected chi connectivity index (χ4v) is 6.01. The van der Waals surface area contributed by atoms with E-state index in [0.29, 0.717) is 6.04 Å². The molecule has 37 heavy (non-hydrogen) atoms. The predicted molar refractivity (Wildman–Crippen MR) is 144 cm³/mol. The zero-order chi connectivity index (χ0) is 25.4. The summed E-state index contributed by atoms with van der Waals surface area (Å²) in [7, 11) is 0. The van der Waals surface area contributed by atoms with Crippen molar-refractivity contribution in [3.63, 3.8) is 0 Å². The van der Waals surface area contributed by atoms with Crippen molar-refractivity contribution in [1.82, 2.24) is 35.0 Å². The second kappa shape index (κ2) is 10.2. The number of hydrogen-bond acceptors (Lipinski definition) is 6. The van der Waals surface area contributed by atoms with Gasteiger partial charge in [-0.05, 0) is 77.4 Å². The summed E-state index contributed by atoms with van der Waals surface area (Å²) in [6, 6.07) is 16.9. The van der Waals surface area contributed by atoms with E-state index >= 15 is 0 Å². The smallest absolute Gasteiger partial charge is 0.253 e. The third-order valence-corrected chi connectivity index (χ3v) is 8.24. The van der Waals surface area contributed by atoms with E-state index in [1.807, 2.05) is 4.68 Å². The van der Waals surface area contributed by atoms with Gasteiger partial charge in [-0.3, -0.25) is 14.6 Å². The van der Waals surface area contributed by atoms with Crippen LogP contribution in [-0.2, 0) is 6.54 Å². The SMILES string of the molecule is Cc1cc2cc([C@H](c3nnnn3C3CCCC3)N3CCN(Cc4ccccc4)CC3)c(=O)[nH]c2cc1C. The Morgan fingerprint density at radius 3 is 2.46 bits per heavy atom. The van der Waals surface area contributed by atoms with Crippen molar-refractivity contribution in [2.75, 3.05) is 26.2 Å². The van der Waals surface area contributed by atoms with E-state index in [2.05, 4.69) is 92.7 Å². The molecule has 8 heteroatoms. The molecule has 1 N–H and O–H groups in total. The number of nitrogens with one attached hydrogen (secondary N) is 1. The lowest BCUT2D eigenvalue weighted by molar-refractivity contribution is 0.0989. The summed E-state index contributed by atoms with van der Waals surface area (Å²) >= 11 is 0. The van der Waals surface area contributed by atoms with E-state index in [1.54, 1.807) is 0 Å². The monoisotopic (exact) mass is 497 g/mol. The van der Waals surface area contributed by atoms with Crippen LogP contribution in [0.4, 0.5) is 0 Å². The van der Waals surface area contributed by atoms with Gasteiger partial charge in [0.25, 0.3) is 5.56 Å². The first kappa shape index (κ1) is 24.0. The van der Waals surface area contributed by atoms with Crippen LogP contribution < -0.4 is 5.56 Å². The van der Waals surface area contributed by atoms with E-state index in [-0.39, 0.29) is 11.6 Å². The largest absolute Gasteiger partial charge is 0.322 e. The van der Waals surface area contributed by atoms with Crippen molar-refractivity contribution in [1.29, 1.82) is 0 Å². The molecule has 1 aliphatic heterocycles. The average molecular weight is 498 g/mol. The molecular formula is C29H35N7O. The van der Waals surface area contributed by atoms with E-state index < -0.39 is 0 Å². The molecular weight excluding hydrogens is 462 g/mol. The van der Waals surface area contributed by atoms with Gasteiger partial charge < -0.3 is 4.98 Å². The van der Waals surface area contributed by atoms with Crippen molar-refractivity contribution in [2.24, 2.45) is 0 Å². The lowest BCUT2D eigenvalue weighted by Crippen LogP contribution is -2.48. The third-order valence-electron chi connectivity index (χ3n) is 8.24. The van der Waals surface area contributed by atoms with Crippen molar-refractivity contribution in [2.45, 2.75) is 58.2 Å². The minimum Gasteiger partial charge on any atom is -0.322 e. The van der Waals surface area contributed by atoms with Crippen molar-refractivity contribution < 1.29 is 0 Å². The fraction of sp³-hybridized carbons (Fsp3) is 0.448. The van der Waals surface area contributed by atoms with Gasteiger partial charge in [-0.1, -0.05) is 43.2 Å². The van der Waals surface area contributed by atoms with Crippen LogP contribution in [0.3, 0.4) is 0 Å². The van der Waals surface area contributed by atoms with Gasteiger partial charge in [0.1, 0.15) is 6.04 Å². The highest BCUT2D eigenvalue weighted by Gasteiger charge is 2.34. The molecule has 0 bridgehead atoms. The lowest BCUT2D eigenvalue weighted by atomic mass is 10.00. The molecule has 1 saturated carbocycles. The molecule has 0 unspecified atom stereocenters. The van der Waals surface area contributed by atoms with Crippen LogP contribution in [0.5, 0.6) is 0 Å². The molecule has 2 aromatic heterocycles. The first-order chi connectivity index (χ1) is 18.1. The molecule has 1 saturated heterocycles. The van der Waals surface area contributed by atoms with Gasteiger partial charge in [0.05, 0.1) is 6.04 Å². The Bertz CT molecular complexity index is 1430. The van der Waals surface area contributed by atoms with Crippen LogP contribution in [0.25, 0.3) is 10.9 Å². The minimum atomic E-state index is -0.288. The van der Waals surface area contributed by atoms with Gasteiger partial charge >= 0.3 is 0 Å². The van der Waals surface area contributed by atoms with Gasteiger partial charge in [-0.25, -0.2) is 4.68 Å². The Kier molecular flexibility index (Phi) is 6.61. The number of pyridine rings is 1. The summed E-state index contributed by atoms with van der Waals surface area (Å²) in [4.78, 5) is 21.6. The highest BCUT2D eigenvalue weighted by Crippen LogP contribution is 2.34. The van der Waals surface area contributed by atoms with Crippen LogP contribution in [0.1, 0.15) is 65.8 Å². The molecule has 2 fully saturated rings. The highest BCUT2D eigenvalue weighted by atomic mass is 16.1. The summed E-state index contributed by atoms with van der Waals surface area (Å²) in [6.45, 7) is 8.69. The molecule has 8 nitrogen and oxygen atoms in total. The minimum absolute atomic E-state index is 0.0616. The molecule has 2 aromatic carbocycles. The molecule has 4 aromatic rings. The molecule has 3 heterocycles. The third kappa shape index (κ3) is 4.83. The van der Waals surface area contributed by atoms with E-state index in [4.69, 9.17) is 0 Å². The van der Waals surface area contributed by atoms with Gasteiger partial charge in [-0.15, -0.1) is 5.10 Å². The Labute approximate surface area is 217 Å². The van der Waals surface area contributed by atoms with E-state index in [1.165, 1.54) is 29.5 Å². The average Bonchev–Trinajstić information content (AvgIpc) is 3.60. The quantitative estimate of drug-likeness (QED) is 0.431. The van der Waals surface area contributed by atoms with Gasteiger partial charge in [-0.2, -0.15) is 0 Å². The standard InChI is InChI=1S/C29H35N7O/c1-20-16-23-18-25(29(37)30-26(23)17-21(20)2)27(28-31-32-33-36(28)24-10-6-7-11-24)35-14-12-34(13-15-35)19-22-8-4-3-5-9-22/h3-5,8-9,16-18,24,27H,6-7,10-15,19H2,1-2H3,(H,30,37)/t27-/m1/s1. The molecule has 0 spiro atoms. The fourth-order valence-electron chi connectivity index (χ4n) is 6.01. The van der Waals surface area contributed by atoms with Crippen molar-refractivity contribution in [3.8, 4) is 0 Å². The number of fused-ring (bicyclic) bond motifs is 1. The molecule has 1 aliphatic carbocycles. The van der Waals surface area contributed by atoms with Crippen molar-refractivity contribution in [3.05, 3.63) is 87.0 Å². The van der Waals surface area contributed by atoms with Crippen LogP contribution in [0.2, 0.25) is 0 Å². The van der Waals surface area contributed by atoms with E-state index in [0.717, 1.165) is 67.9 Å². The zero-order valence-corrected chi connectivity index (χ0v) is 21.7. The number of tetrazole rings is 1. The Hall–Kier alpha value is -3.36. The summed E-state index contributed by atoms with van der Waals surface area (Å²) in [6.07, 6.45) is 4.56. The molecule has 0 radical (unpaired) electrons. The van der Waals surface area contributed by atoms with Crippen molar-refractivity contribution >= 4 is 10.9 Å². The second-order valence-corrected chi connectivity index (χ2v) is 10.7. The summed E-state index contributed by atoms with van der Waals surface area (Å²) in [5.41, 5.74) is 5.25. The van der Waals surface area contributed by atoms with Crippen LogP contribution in [-0.4, -0.2) is 61.2 Å². The summed E-state index contributed by atoms with van der Waals surface area (Å²) in [5.74, 6) is 0.789. The number of H-pyrrole nitrogens is 1. The number of rotatable bonds is 6. The molecule has 2 aliphatic rings. The van der Waals surface area contributed by atoms with E-state index in [9.17, 15) is 4.79 Å². The molecule has 6 rings (SSSR count). The topological polar surface area (TPSA) is 82.9 Å². The number of aryl methyl sites for hydroxylation is 2. The maximum Gasteiger partial charge on any atom is 0.253 e. The number of benzene rings is 2. The number of hydrogen-bond donors (Lipinski definition) is 1. The summed E-state index contributed by atoms with van der Waals surface area (Å²) in [5, 5.41) is 14.1. The Balaban J connectivity index is 1.36. The van der Waals surface area contributed by atoms with Gasteiger partial charge in [0.2, 0.25) is 0 Å². The van der Waals surface area contributed by atoms with Crippen LogP contribution >= 0.6 is 0 Å². The summed E-state index contributed by atoms with van der Waals surface area (Å²) < 4.78 is 2.01. The number of nitrogens with zero attached hydrogens (tertiary/aromatic N) is 6. The van der Waals surface area contributed by atoms with Gasteiger partial charge in [0, 0.05) is 43.8 Å². The first-order valence-corrected chi connectivity index (χ1v) is 13.5. The maximum absolute atomic E-state index is 13.6. The second-order valence-electron chi connectivity index (χ2n) is 10.7. The first-order valence-electron chi connectivity index (χ1n) is 13.5. The Morgan fingerprint density at radius 2 is 1.70 bits per heavy atom. The lowest BCUT2D eigenvalue weighted by Gasteiger charge is -2.39. The Morgan fingerprint density at radius 1 is 0.973 bits per heavy atom. The van der Waals surface area contributed by atoms with Crippen LogP contribution in [0, 0.1) is 13.8 Å².